The van der Waals surface area contributed by atoms with E-state index in [2.05, 4.69) is 42.5 Å². The molecule has 1 unspecified atom stereocenters. The topological polar surface area (TPSA) is 87.6 Å². The van der Waals surface area contributed by atoms with Crippen LogP contribution in [0.15, 0.2) is 48.5 Å². The van der Waals surface area contributed by atoms with Crippen molar-refractivity contribution in [2.24, 2.45) is 11.5 Å². The van der Waals surface area contributed by atoms with Gasteiger partial charge >= 0.3 is 5.97 Å². The third-order valence-corrected chi connectivity index (χ3v) is 5.15. The van der Waals surface area contributed by atoms with Crippen molar-refractivity contribution in [3.8, 4) is 5.75 Å². The minimum Gasteiger partial charge on any atom is -0.494 e. The summed E-state index contributed by atoms with van der Waals surface area (Å²) in [7, 11) is 0. The number of benzene rings is 2. The number of hydrogen-bond donors (Lipinski definition) is 2. The highest BCUT2D eigenvalue weighted by Crippen LogP contribution is 2.33. The molecule has 154 valence electrons. The Bertz CT molecular complexity index is 860. The number of unbranched alkanes of at least 4 members (excludes halogenated alkanes) is 2. The van der Waals surface area contributed by atoms with Gasteiger partial charge in [0.25, 0.3) is 0 Å². The molecule has 0 saturated heterocycles. The average molecular weight is 395 g/mol. The molecule has 1 atom stereocenters. The summed E-state index contributed by atoms with van der Waals surface area (Å²) in [5, 5.41) is 0. The number of allylic oxidation sites excluding steroid dienone is 1. The number of ether oxygens (including phenoxy) is 2. The predicted octanol–water partition coefficient (Wildman–Crippen LogP) is 3.55. The maximum atomic E-state index is 11.7. The number of carbonyl (C=O) groups excluding carboxylic acids is 1. The fraction of sp³-hybridized carbons (Fsp3) is 0.375. The van der Waals surface area contributed by atoms with Gasteiger partial charge < -0.3 is 20.9 Å². The van der Waals surface area contributed by atoms with E-state index >= 15 is 0 Å². The Morgan fingerprint density at radius 3 is 2.59 bits per heavy atom. The van der Waals surface area contributed by atoms with Crippen molar-refractivity contribution in [2.75, 3.05) is 19.8 Å². The summed E-state index contributed by atoms with van der Waals surface area (Å²) in [5.74, 6) is 0.444. The van der Waals surface area contributed by atoms with E-state index < -0.39 is 11.5 Å². The smallest absolute Gasteiger partial charge is 0.327 e. The zero-order valence-electron chi connectivity index (χ0n) is 17.0. The van der Waals surface area contributed by atoms with Crippen molar-refractivity contribution in [3.63, 3.8) is 0 Å². The van der Waals surface area contributed by atoms with Gasteiger partial charge in [-0.3, -0.25) is 4.79 Å². The molecule has 0 heterocycles. The lowest BCUT2D eigenvalue weighted by molar-refractivity contribution is -0.149. The van der Waals surface area contributed by atoms with Gasteiger partial charge in [0.05, 0.1) is 13.2 Å². The van der Waals surface area contributed by atoms with Crippen LogP contribution in [0.4, 0.5) is 0 Å². The Hall–Kier alpha value is -2.63. The van der Waals surface area contributed by atoms with Crippen LogP contribution in [0, 0.1) is 0 Å². The second kappa shape index (κ2) is 9.72. The number of hydrogen-bond acceptors (Lipinski definition) is 5. The first-order chi connectivity index (χ1) is 14.0. The summed E-state index contributed by atoms with van der Waals surface area (Å²) in [5.41, 5.74) is 15.3. The van der Waals surface area contributed by atoms with Crippen LogP contribution < -0.4 is 16.2 Å². The molecule has 29 heavy (non-hydrogen) atoms. The Labute approximate surface area is 172 Å². The number of rotatable bonds is 10. The van der Waals surface area contributed by atoms with Crippen LogP contribution in [0.5, 0.6) is 5.75 Å². The molecule has 5 heteroatoms. The van der Waals surface area contributed by atoms with Crippen LogP contribution in [0.25, 0.3) is 11.6 Å². The van der Waals surface area contributed by atoms with Crippen LogP contribution in [-0.4, -0.2) is 31.3 Å². The summed E-state index contributed by atoms with van der Waals surface area (Å²) in [4.78, 5) is 11.7. The molecule has 0 amide bonds. The minimum absolute atomic E-state index is 0.0719. The molecular formula is C24H30N2O3. The van der Waals surface area contributed by atoms with Crippen LogP contribution in [-0.2, 0) is 16.0 Å². The molecule has 1 aliphatic carbocycles. The summed E-state index contributed by atoms with van der Waals surface area (Å²) < 4.78 is 11.1. The van der Waals surface area contributed by atoms with Crippen LogP contribution in [0.3, 0.4) is 0 Å². The summed E-state index contributed by atoms with van der Waals surface area (Å²) in [6.45, 7) is 2.65. The molecular weight excluding hydrogens is 364 g/mol. The summed E-state index contributed by atoms with van der Waals surface area (Å²) >= 11 is 0. The van der Waals surface area contributed by atoms with Crippen molar-refractivity contribution in [2.45, 2.75) is 38.1 Å². The predicted molar refractivity (Wildman–Crippen MR) is 116 cm³/mol. The van der Waals surface area contributed by atoms with Crippen LogP contribution in [0.2, 0.25) is 0 Å². The van der Waals surface area contributed by atoms with Gasteiger partial charge in [-0.05, 0) is 67.0 Å². The summed E-state index contributed by atoms with van der Waals surface area (Å²) in [6.07, 6.45) is 5.81. The Balaban J connectivity index is 1.39. The fourth-order valence-corrected chi connectivity index (χ4v) is 3.22. The Kier molecular flexibility index (Phi) is 7.07. The molecule has 0 aromatic heterocycles. The van der Waals surface area contributed by atoms with Gasteiger partial charge in [-0.15, -0.1) is 0 Å². The molecule has 2 aromatic rings. The van der Waals surface area contributed by atoms with Gasteiger partial charge in [0.2, 0.25) is 0 Å². The standard InChI is InChI=1S/C24H30N2O3/c1-24(26,17-25)23(27)29-13-7-3-6-12-28-22-11-10-19-14-20(15-21(19)16-22)18-8-4-2-5-9-18/h2,4-5,8-11,15-16H,3,6-7,12-14,17,25-26H2,1H3. The number of carbonyl (C=O) groups is 1. The van der Waals surface area contributed by atoms with Crippen molar-refractivity contribution >= 4 is 17.6 Å². The zero-order valence-corrected chi connectivity index (χ0v) is 17.0. The lowest BCUT2D eigenvalue weighted by Crippen LogP contribution is -2.52. The fourth-order valence-electron chi connectivity index (χ4n) is 3.22. The van der Waals surface area contributed by atoms with E-state index in [0.717, 1.165) is 31.4 Å². The molecule has 0 fully saturated rings. The monoisotopic (exact) mass is 394 g/mol. The lowest BCUT2D eigenvalue weighted by atomic mass is 10.0. The van der Waals surface area contributed by atoms with E-state index in [1.165, 1.54) is 22.3 Å². The van der Waals surface area contributed by atoms with Crippen molar-refractivity contribution in [3.05, 3.63) is 65.2 Å². The van der Waals surface area contributed by atoms with E-state index in [4.69, 9.17) is 20.9 Å². The molecule has 0 spiro atoms. The molecule has 2 aromatic carbocycles. The first-order valence-electron chi connectivity index (χ1n) is 10.2. The van der Waals surface area contributed by atoms with Gasteiger partial charge in [0.1, 0.15) is 11.3 Å². The molecule has 0 aliphatic heterocycles. The quantitative estimate of drug-likeness (QED) is 0.475. The number of nitrogens with two attached hydrogens (primary N) is 2. The van der Waals surface area contributed by atoms with Gasteiger partial charge in [-0.2, -0.15) is 0 Å². The third-order valence-electron chi connectivity index (χ3n) is 5.15. The van der Waals surface area contributed by atoms with E-state index in [-0.39, 0.29) is 6.54 Å². The largest absolute Gasteiger partial charge is 0.494 e. The summed E-state index contributed by atoms with van der Waals surface area (Å²) in [6, 6.07) is 16.8. The average Bonchev–Trinajstić information content (AvgIpc) is 3.17. The zero-order chi connectivity index (χ0) is 20.7. The second-order valence-electron chi connectivity index (χ2n) is 7.74. The third kappa shape index (κ3) is 5.68. The van der Waals surface area contributed by atoms with Crippen molar-refractivity contribution < 1.29 is 14.3 Å². The van der Waals surface area contributed by atoms with Crippen LogP contribution >= 0.6 is 0 Å². The van der Waals surface area contributed by atoms with Crippen molar-refractivity contribution in [1.82, 2.24) is 0 Å². The van der Waals surface area contributed by atoms with Crippen molar-refractivity contribution in [1.29, 1.82) is 0 Å². The minimum atomic E-state index is -1.11. The second-order valence-corrected chi connectivity index (χ2v) is 7.74. The first kappa shape index (κ1) is 21.1. The number of esters is 1. The van der Waals surface area contributed by atoms with Gasteiger partial charge in [0, 0.05) is 6.54 Å². The molecule has 4 N–H and O–H groups in total. The van der Waals surface area contributed by atoms with Crippen LogP contribution in [0.1, 0.15) is 42.9 Å². The van der Waals surface area contributed by atoms with Gasteiger partial charge in [-0.25, -0.2) is 0 Å². The van der Waals surface area contributed by atoms with Gasteiger partial charge in [-0.1, -0.05) is 42.5 Å². The maximum Gasteiger partial charge on any atom is 0.327 e. The maximum absolute atomic E-state index is 11.7. The molecule has 0 bridgehead atoms. The Morgan fingerprint density at radius 1 is 1.07 bits per heavy atom. The molecule has 0 radical (unpaired) electrons. The Morgan fingerprint density at radius 2 is 1.83 bits per heavy atom. The molecule has 1 aliphatic rings. The molecule has 0 saturated carbocycles. The van der Waals surface area contributed by atoms with E-state index in [1.54, 1.807) is 6.92 Å². The highest BCUT2D eigenvalue weighted by Gasteiger charge is 2.28. The lowest BCUT2D eigenvalue weighted by Gasteiger charge is -2.20. The van der Waals surface area contributed by atoms with E-state index in [1.807, 2.05) is 12.1 Å². The molecule has 5 nitrogen and oxygen atoms in total. The normalized spacial score (nSPS) is 14.7. The van der Waals surface area contributed by atoms with Gasteiger partial charge in [0.15, 0.2) is 0 Å². The highest BCUT2D eigenvalue weighted by molar-refractivity contribution is 5.88. The highest BCUT2D eigenvalue weighted by atomic mass is 16.5. The van der Waals surface area contributed by atoms with E-state index in [0.29, 0.717) is 13.2 Å². The molecule has 3 rings (SSSR count). The SMILES string of the molecule is CC(N)(CN)C(=O)OCCCCCOc1ccc2c(c1)C=C(c1ccccc1)C2. The number of fused-ring (bicyclic) bond motifs is 1. The first-order valence-corrected chi connectivity index (χ1v) is 10.2. The van der Waals surface area contributed by atoms with E-state index in [9.17, 15) is 4.79 Å².